The van der Waals surface area contributed by atoms with Crippen molar-refractivity contribution in [1.82, 2.24) is 14.9 Å². The minimum atomic E-state index is -0.545. The normalized spacial score (nSPS) is 19.5. The number of hydrogen-bond donors (Lipinski definition) is 0. The van der Waals surface area contributed by atoms with Crippen molar-refractivity contribution in [2.24, 2.45) is 11.0 Å². The summed E-state index contributed by atoms with van der Waals surface area (Å²) < 4.78 is 6.82. The van der Waals surface area contributed by atoms with Crippen LogP contribution in [0.4, 0.5) is 16.3 Å². The number of anilines is 2. The maximum atomic E-state index is 14.5. The van der Waals surface area contributed by atoms with Gasteiger partial charge in [-0.1, -0.05) is 0 Å². The van der Waals surface area contributed by atoms with Crippen LogP contribution in [0.25, 0.3) is 0 Å². The van der Waals surface area contributed by atoms with E-state index < -0.39 is 15.8 Å². The average molecular weight is 682 g/mol. The van der Waals surface area contributed by atoms with Crippen LogP contribution >= 0.6 is 0 Å². The molecule has 2 fully saturated rings. The third-order valence-corrected chi connectivity index (χ3v) is 12.3. The van der Waals surface area contributed by atoms with Gasteiger partial charge in [-0.15, -0.1) is 0 Å². The van der Waals surface area contributed by atoms with Crippen LogP contribution < -0.4 is 9.25 Å². The molecule has 3 aromatic rings. The molecule has 0 spiro atoms. The number of carbonyl (C=O) groups excluding carboxylic acids is 3. The van der Waals surface area contributed by atoms with Crippen molar-refractivity contribution in [2.75, 3.05) is 24.7 Å². The molecule has 1 saturated carbocycles. The summed E-state index contributed by atoms with van der Waals surface area (Å²) in [6, 6.07) is 17.2. The fraction of sp³-hybridized carbons (Fsp3) is 0.417. The van der Waals surface area contributed by atoms with Crippen LogP contribution in [-0.4, -0.2) is 80.0 Å². The van der Waals surface area contributed by atoms with Crippen molar-refractivity contribution in [3.63, 3.8) is 0 Å². The number of imide groups is 1. The Bertz CT molecular complexity index is 1630. The zero-order valence-electron chi connectivity index (χ0n) is 26.3. The number of fused-ring (bicyclic) bond motifs is 2. The molecule has 1 aliphatic carbocycles. The van der Waals surface area contributed by atoms with E-state index in [1.807, 2.05) is 12.3 Å². The summed E-state index contributed by atoms with van der Waals surface area (Å²) in [7, 11) is 0. The summed E-state index contributed by atoms with van der Waals surface area (Å²) in [6.07, 6.45) is 9.97. The number of urea groups is 1. The van der Waals surface area contributed by atoms with Gasteiger partial charge in [-0.2, -0.15) is 0 Å². The maximum absolute atomic E-state index is 14.5. The van der Waals surface area contributed by atoms with Gasteiger partial charge in [0.2, 0.25) is 0 Å². The average Bonchev–Trinajstić information content (AvgIpc) is 3.25. The van der Waals surface area contributed by atoms with Gasteiger partial charge in [0.05, 0.1) is 0 Å². The Hall–Kier alpha value is -3.81. The van der Waals surface area contributed by atoms with Crippen molar-refractivity contribution in [3.05, 3.63) is 83.0 Å². The molecular formula is C36H40AsN5O4. The number of amides is 4. The third-order valence-electron chi connectivity index (χ3n) is 9.54. The number of carbonyl (C=O) groups is 3. The molecule has 4 heterocycles. The van der Waals surface area contributed by atoms with Crippen LogP contribution in [0.1, 0.15) is 83.2 Å². The van der Waals surface area contributed by atoms with Crippen molar-refractivity contribution in [2.45, 2.75) is 69.5 Å². The molecule has 46 heavy (non-hydrogen) atoms. The fourth-order valence-electron chi connectivity index (χ4n) is 7.06. The van der Waals surface area contributed by atoms with Crippen molar-refractivity contribution in [3.8, 4) is 0 Å². The van der Waals surface area contributed by atoms with Gasteiger partial charge in [-0.05, 0) is 0 Å². The van der Waals surface area contributed by atoms with Crippen molar-refractivity contribution >= 4 is 55.2 Å². The van der Waals surface area contributed by atoms with Gasteiger partial charge in [0.1, 0.15) is 0 Å². The first-order valence-electron chi connectivity index (χ1n) is 16.6. The Labute approximate surface area is 276 Å². The second kappa shape index (κ2) is 13.5. The molecule has 2 aromatic carbocycles. The Morgan fingerprint density at radius 2 is 1.61 bits per heavy atom. The molecule has 1 aromatic heterocycles. The summed E-state index contributed by atoms with van der Waals surface area (Å²) in [4.78, 5) is 47.9. The van der Waals surface area contributed by atoms with Gasteiger partial charge in [-0.3, -0.25) is 0 Å². The van der Waals surface area contributed by atoms with E-state index in [2.05, 4.69) is 31.2 Å². The summed E-state index contributed by atoms with van der Waals surface area (Å²) in [5.41, 5.74) is 4.97. The number of pyridine rings is 1. The number of benzene rings is 2. The van der Waals surface area contributed by atoms with Crippen LogP contribution in [-0.2, 0) is 4.74 Å². The standard InChI is InChI=1S/C36H40AsN5O4/c1-24-12-14-30-31(22-24)41(36(45)42(27-16-20-46-21-17-27)39-33(30)25-8-3-2-4-9-25)32-15-13-26(23-38-32)37-18-7-19-40-34(43)28-10-5-6-11-29(28)35(40)44/h5-6,10-15,22-23,25,27,37H,2-4,7-9,16-21H2,1H3. The number of rotatable bonds is 8. The monoisotopic (exact) mass is 681 g/mol. The first-order valence-corrected chi connectivity index (χ1v) is 19.1. The SMILES string of the molecule is Cc1ccc2c(c1)N(c1ccc([AsH]CCCN3C(=O)c4ccccc4C3=O)cn1)C(=O)N(C1CCOCC1)N=C2C1CCCCC1. The molecule has 4 aliphatic rings. The number of aryl methyl sites for hydroxylation is 1. The van der Waals surface area contributed by atoms with Crippen molar-refractivity contribution < 1.29 is 19.1 Å². The number of hydrazone groups is 1. The minimum absolute atomic E-state index is 0.0224. The van der Waals surface area contributed by atoms with E-state index in [4.69, 9.17) is 14.8 Å². The zero-order valence-corrected chi connectivity index (χ0v) is 28.4. The van der Waals surface area contributed by atoms with E-state index >= 15 is 0 Å². The second-order valence-corrected chi connectivity index (χ2v) is 15.6. The summed E-state index contributed by atoms with van der Waals surface area (Å²) >= 11 is -0.545. The van der Waals surface area contributed by atoms with E-state index in [-0.39, 0.29) is 23.9 Å². The van der Waals surface area contributed by atoms with Crippen LogP contribution in [0.3, 0.4) is 0 Å². The van der Waals surface area contributed by atoms with Crippen LogP contribution in [0, 0.1) is 12.8 Å². The molecule has 9 nitrogen and oxygen atoms in total. The molecule has 3 aliphatic heterocycles. The Morgan fingerprint density at radius 1 is 0.870 bits per heavy atom. The van der Waals surface area contributed by atoms with Gasteiger partial charge in [0, 0.05) is 0 Å². The van der Waals surface area contributed by atoms with Gasteiger partial charge in [0.25, 0.3) is 0 Å². The van der Waals surface area contributed by atoms with Crippen LogP contribution in [0.5, 0.6) is 0 Å². The van der Waals surface area contributed by atoms with Gasteiger partial charge >= 0.3 is 277 Å². The van der Waals surface area contributed by atoms with Crippen molar-refractivity contribution in [1.29, 1.82) is 0 Å². The molecular weight excluding hydrogens is 641 g/mol. The number of hydrogen-bond acceptors (Lipinski definition) is 6. The molecule has 0 radical (unpaired) electrons. The molecule has 238 valence electrons. The number of aromatic nitrogens is 1. The van der Waals surface area contributed by atoms with E-state index in [1.54, 1.807) is 34.2 Å². The Kier molecular flexibility index (Phi) is 9.05. The first-order chi connectivity index (χ1) is 22.5. The second-order valence-electron chi connectivity index (χ2n) is 12.6. The third kappa shape index (κ3) is 6.03. The zero-order chi connectivity index (χ0) is 31.6. The topological polar surface area (TPSA) is 95.4 Å². The molecule has 0 N–H and O–H groups in total. The Morgan fingerprint density at radius 3 is 2.30 bits per heavy atom. The molecule has 4 amide bonds. The quantitative estimate of drug-likeness (QED) is 0.176. The summed E-state index contributed by atoms with van der Waals surface area (Å²) in [5.74, 6) is 0.520. The first kappa shape index (κ1) is 30.8. The molecule has 1 saturated heterocycles. The number of ether oxygens (including phenoxy) is 1. The predicted molar refractivity (Wildman–Crippen MR) is 180 cm³/mol. The van der Waals surface area contributed by atoms with Gasteiger partial charge in [0.15, 0.2) is 0 Å². The van der Waals surface area contributed by atoms with Crippen LogP contribution in [0.2, 0.25) is 5.21 Å². The van der Waals surface area contributed by atoms with E-state index in [0.717, 1.165) is 59.8 Å². The van der Waals surface area contributed by atoms with E-state index in [0.29, 0.717) is 42.6 Å². The Balaban J connectivity index is 1.11. The summed E-state index contributed by atoms with van der Waals surface area (Å²) in [6.45, 7) is 3.73. The molecule has 10 heteroatoms. The van der Waals surface area contributed by atoms with Gasteiger partial charge < -0.3 is 0 Å². The molecule has 1 unspecified atom stereocenters. The summed E-state index contributed by atoms with van der Waals surface area (Å²) in [5, 5.41) is 7.87. The molecule has 1 atom stereocenters. The molecule has 7 rings (SSSR count). The fourth-order valence-corrected chi connectivity index (χ4v) is 9.12. The van der Waals surface area contributed by atoms with Crippen LogP contribution in [0.15, 0.2) is 65.9 Å². The van der Waals surface area contributed by atoms with E-state index in [1.165, 1.54) is 28.5 Å². The predicted octanol–water partition coefficient (Wildman–Crippen LogP) is 5.59. The van der Waals surface area contributed by atoms with E-state index in [9.17, 15) is 14.4 Å². The van der Waals surface area contributed by atoms with Gasteiger partial charge in [-0.25, -0.2) is 0 Å². The molecule has 0 bridgehead atoms. The number of nitrogens with zero attached hydrogens (tertiary/aromatic N) is 5.